The third-order valence-electron chi connectivity index (χ3n) is 0.771. The zero-order chi connectivity index (χ0) is 5.28. The SMILES string of the molecule is CC1CN=C(Cl)O1. The van der Waals surface area contributed by atoms with Crippen molar-refractivity contribution in [2.24, 2.45) is 4.99 Å². The van der Waals surface area contributed by atoms with Gasteiger partial charge >= 0.3 is 0 Å². The average molecular weight is 120 g/mol. The third kappa shape index (κ3) is 1.06. The van der Waals surface area contributed by atoms with Crippen LogP contribution in [0.2, 0.25) is 0 Å². The summed E-state index contributed by atoms with van der Waals surface area (Å²) in [4.78, 5) is 3.78. The topological polar surface area (TPSA) is 21.6 Å². The highest BCUT2D eigenvalue weighted by Crippen LogP contribution is 2.04. The summed E-state index contributed by atoms with van der Waals surface area (Å²) in [5.74, 6) is 0. The lowest BCUT2D eigenvalue weighted by Crippen LogP contribution is -2.03. The third-order valence-corrected chi connectivity index (χ3v) is 0.980. The molecule has 1 unspecified atom stereocenters. The number of halogens is 1. The van der Waals surface area contributed by atoms with Gasteiger partial charge in [-0.15, -0.1) is 0 Å². The van der Waals surface area contributed by atoms with E-state index in [9.17, 15) is 0 Å². The number of rotatable bonds is 0. The van der Waals surface area contributed by atoms with Gasteiger partial charge < -0.3 is 4.74 Å². The fraction of sp³-hybridized carbons (Fsp3) is 0.750. The van der Waals surface area contributed by atoms with Crippen molar-refractivity contribution < 1.29 is 4.74 Å². The molecule has 0 amide bonds. The molecular formula is C4H6ClNO. The monoisotopic (exact) mass is 119 g/mol. The van der Waals surface area contributed by atoms with Crippen molar-refractivity contribution in [3.05, 3.63) is 0 Å². The van der Waals surface area contributed by atoms with Crippen molar-refractivity contribution in [3.63, 3.8) is 0 Å². The lowest BCUT2D eigenvalue weighted by atomic mass is 10.4. The minimum atomic E-state index is 0.187. The molecule has 1 aliphatic rings. The highest BCUT2D eigenvalue weighted by Gasteiger charge is 2.10. The molecule has 0 saturated carbocycles. The van der Waals surface area contributed by atoms with Gasteiger partial charge in [-0.25, -0.2) is 4.99 Å². The molecular weight excluding hydrogens is 114 g/mol. The minimum Gasteiger partial charge on any atom is -0.464 e. The first-order valence-electron chi connectivity index (χ1n) is 2.15. The molecule has 2 nitrogen and oxygen atoms in total. The molecule has 0 aromatic heterocycles. The van der Waals surface area contributed by atoms with Crippen LogP contribution in [0.1, 0.15) is 6.92 Å². The summed E-state index contributed by atoms with van der Waals surface area (Å²) in [6, 6.07) is 0. The number of ether oxygens (including phenoxy) is 1. The van der Waals surface area contributed by atoms with Crippen LogP contribution in [-0.4, -0.2) is 18.0 Å². The molecule has 3 heteroatoms. The Labute approximate surface area is 47.1 Å². The Morgan fingerprint density at radius 2 is 2.71 bits per heavy atom. The van der Waals surface area contributed by atoms with E-state index in [1.807, 2.05) is 6.92 Å². The van der Waals surface area contributed by atoms with E-state index in [0.717, 1.165) is 0 Å². The van der Waals surface area contributed by atoms with E-state index >= 15 is 0 Å². The Kier molecular flexibility index (Phi) is 1.19. The van der Waals surface area contributed by atoms with Gasteiger partial charge in [-0.05, 0) is 18.5 Å². The molecule has 0 bridgehead atoms. The van der Waals surface area contributed by atoms with Gasteiger partial charge in [0, 0.05) is 0 Å². The largest absolute Gasteiger partial charge is 0.464 e. The molecule has 0 aromatic rings. The van der Waals surface area contributed by atoms with Gasteiger partial charge in [0.25, 0.3) is 5.36 Å². The van der Waals surface area contributed by atoms with E-state index in [-0.39, 0.29) is 6.10 Å². The minimum absolute atomic E-state index is 0.187. The van der Waals surface area contributed by atoms with Gasteiger partial charge in [-0.2, -0.15) is 0 Å². The average Bonchev–Trinajstić information content (AvgIpc) is 1.87. The predicted molar refractivity (Wildman–Crippen MR) is 28.7 cm³/mol. The maximum absolute atomic E-state index is 5.33. The Balaban J connectivity index is 2.42. The quantitative estimate of drug-likeness (QED) is 0.466. The van der Waals surface area contributed by atoms with Crippen molar-refractivity contribution in [2.75, 3.05) is 6.54 Å². The number of hydrogen-bond donors (Lipinski definition) is 0. The van der Waals surface area contributed by atoms with Crippen molar-refractivity contribution in [3.8, 4) is 0 Å². The fourth-order valence-electron chi connectivity index (χ4n) is 0.441. The van der Waals surface area contributed by atoms with Crippen molar-refractivity contribution >= 4 is 17.0 Å². The summed E-state index contributed by atoms with van der Waals surface area (Å²) in [5.41, 5.74) is 0. The van der Waals surface area contributed by atoms with Crippen LogP contribution in [0.5, 0.6) is 0 Å². The number of nitrogens with zero attached hydrogens (tertiary/aromatic N) is 1. The van der Waals surface area contributed by atoms with Gasteiger partial charge in [-0.3, -0.25) is 0 Å². The molecule has 0 radical (unpaired) electrons. The van der Waals surface area contributed by atoms with Gasteiger partial charge in [0.05, 0.1) is 6.54 Å². The number of aliphatic imine (C=N–C) groups is 1. The van der Waals surface area contributed by atoms with Gasteiger partial charge in [-0.1, -0.05) is 0 Å². The lowest BCUT2D eigenvalue weighted by molar-refractivity contribution is 0.251. The molecule has 0 aliphatic carbocycles. The van der Waals surface area contributed by atoms with E-state index in [2.05, 4.69) is 4.99 Å². The van der Waals surface area contributed by atoms with Crippen molar-refractivity contribution in [2.45, 2.75) is 13.0 Å². The van der Waals surface area contributed by atoms with E-state index in [4.69, 9.17) is 16.3 Å². The van der Waals surface area contributed by atoms with Crippen LogP contribution in [0.4, 0.5) is 0 Å². The molecule has 0 spiro atoms. The Hall–Kier alpha value is -0.240. The molecule has 0 fully saturated rings. The van der Waals surface area contributed by atoms with Crippen molar-refractivity contribution in [1.29, 1.82) is 0 Å². The Morgan fingerprint density at radius 1 is 2.00 bits per heavy atom. The summed E-state index contributed by atoms with van der Waals surface area (Å²) in [5, 5.41) is 0.299. The molecule has 7 heavy (non-hydrogen) atoms. The zero-order valence-electron chi connectivity index (χ0n) is 4.02. The van der Waals surface area contributed by atoms with Crippen LogP contribution in [0.25, 0.3) is 0 Å². The fourth-order valence-corrected chi connectivity index (χ4v) is 0.662. The summed E-state index contributed by atoms with van der Waals surface area (Å²) < 4.78 is 4.88. The first-order chi connectivity index (χ1) is 3.29. The summed E-state index contributed by atoms with van der Waals surface area (Å²) in [7, 11) is 0. The second-order valence-corrected chi connectivity index (χ2v) is 1.85. The van der Waals surface area contributed by atoms with E-state index in [1.165, 1.54) is 0 Å². The molecule has 1 rings (SSSR count). The summed E-state index contributed by atoms with van der Waals surface area (Å²) in [6.45, 7) is 2.64. The van der Waals surface area contributed by atoms with Crippen LogP contribution in [0.3, 0.4) is 0 Å². The molecule has 40 valence electrons. The number of hydrogen-bond acceptors (Lipinski definition) is 2. The zero-order valence-corrected chi connectivity index (χ0v) is 4.77. The lowest BCUT2D eigenvalue weighted by Gasteiger charge is -1.97. The van der Waals surface area contributed by atoms with E-state index < -0.39 is 0 Å². The van der Waals surface area contributed by atoms with Gasteiger partial charge in [0.2, 0.25) is 0 Å². The summed E-state index contributed by atoms with van der Waals surface area (Å²) >= 11 is 5.33. The normalized spacial score (nSPS) is 29.4. The molecule has 0 saturated heterocycles. The highest BCUT2D eigenvalue weighted by molar-refractivity contribution is 6.63. The van der Waals surface area contributed by atoms with Crippen LogP contribution in [-0.2, 0) is 4.74 Å². The van der Waals surface area contributed by atoms with Crippen LogP contribution < -0.4 is 0 Å². The second kappa shape index (κ2) is 1.70. The van der Waals surface area contributed by atoms with Crippen molar-refractivity contribution in [1.82, 2.24) is 0 Å². The van der Waals surface area contributed by atoms with Crippen LogP contribution >= 0.6 is 11.6 Å². The first kappa shape index (κ1) is 4.91. The summed E-state index contributed by atoms with van der Waals surface area (Å²) in [6.07, 6.45) is 0.187. The predicted octanol–water partition coefficient (Wildman–Crippen LogP) is 1.000. The van der Waals surface area contributed by atoms with E-state index in [0.29, 0.717) is 11.9 Å². The van der Waals surface area contributed by atoms with Crippen LogP contribution in [0, 0.1) is 0 Å². The maximum Gasteiger partial charge on any atom is 0.282 e. The molecule has 1 heterocycles. The molecule has 0 aromatic carbocycles. The smallest absolute Gasteiger partial charge is 0.282 e. The second-order valence-electron chi connectivity index (χ2n) is 1.52. The maximum atomic E-state index is 5.33. The van der Waals surface area contributed by atoms with Gasteiger partial charge in [0.15, 0.2) is 0 Å². The van der Waals surface area contributed by atoms with Gasteiger partial charge in [0.1, 0.15) is 6.10 Å². The van der Waals surface area contributed by atoms with Crippen LogP contribution in [0.15, 0.2) is 4.99 Å². The van der Waals surface area contributed by atoms with E-state index in [1.54, 1.807) is 0 Å². The Morgan fingerprint density at radius 3 is 2.86 bits per heavy atom. The Bertz CT molecular complexity index is 102. The molecule has 0 N–H and O–H groups in total. The standard InChI is InChI=1S/C4H6ClNO/c1-3-2-6-4(5)7-3/h3H,2H2,1H3. The highest BCUT2D eigenvalue weighted by atomic mass is 35.5. The first-order valence-corrected chi connectivity index (χ1v) is 2.53. The molecule has 1 atom stereocenters. The molecule has 1 aliphatic heterocycles.